The fourth-order valence-electron chi connectivity index (χ4n) is 1.76. The molecule has 1 N–H and O–H groups in total. The second kappa shape index (κ2) is 3.73. The molecule has 0 aromatic heterocycles. The van der Waals surface area contributed by atoms with E-state index >= 15 is 0 Å². The molecule has 2 heteroatoms. The average Bonchev–Trinajstić information content (AvgIpc) is 2.07. The van der Waals surface area contributed by atoms with Gasteiger partial charge in [0.1, 0.15) is 5.54 Å². The van der Waals surface area contributed by atoms with Crippen LogP contribution in [0.4, 0.5) is 0 Å². The molecular weight excluding hydrogens is 136 g/mol. The number of hydrogen-bond acceptors (Lipinski definition) is 2. The van der Waals surface area contributed by atoms with Gasteiger partial charge in [0.05, 0.1) is 6.07 Å². The van der Waals surface area contributed by atoms with E-state index in [1.54, 1.807) is 0 Å². The van der Waals surface area contributed by atoms with Crippen molar-refractivity contribution in [3.8, 4) is 6.07 Å². The van der Waals surface area contributed by atoms with Gasteiger partial charge in [-0.2, -0.15) is 5.26 Å². The van der Waals surface area contributed by atoms with Gasteiger partial charge >= 0.3 is 0 Å². The van der Waals surface area contributed by atoms with E-state index in [4.69, 9.17) is 5.26 Å². The Morgan fingerprint density at radius 3 is 2.82 bits per heavy atom. The summed E-state index contributed by atoms with van der Waals surface area (Å²) < 4.78 is 0. The van der Waals surface area contributed by atoms with Crippen molar-refractivity contribution in [3.63, 3.8) is 0 Å². The molecule has 0 saturated carbocycles. The van der Waals surface area contributed by atoms with E-state index in [1.807, 2.05) is 0 Å². The van der Waals surface area contributed by atoms with Crippen molar-refractivity contribution in [1.82, 2.24) is 5.32 Å². The van der Waals surface area contributed by atoms with E-state index in [9.17, 15) is 0 Å². The molecule has 2 nitrogen and oxygen atoms in total. The molecule has 62 valence electrons. The number of nitriles is 1. The molecule has 0 aliphatic carbocycles. The normalized spacial score (nSPS) is 31.3. The summed E-state index contributed by atoms with van der Waals surface area (Å²) in [6.07, 6.45) is 5.58. The van der Waals surface area contributed by atoms with Gasteiger partial charge in [0, 0.05) is 0 Å². The second-order valence-corrected chi connectivity index (χ2v) is 3.33. The van der Waals surface area contributed by atoms with Crippen LogP contribution in [-0.2, 0) is 0 Å². The van der Waals surface area contributed by atoms with Gasteiger partial charge in [-0.05, 0) is 32.2 Å². The quantitative estimate of drug-likeness (QED) is 0.655. The lowest BCUT2D eigenvalue weighted by atomic mass is 9.86. The van der Waals surface area contributed by atoms with Crippen LogP contribution < -0.4 is 5.32 Å². The summed E-state index contributed by atoms with van der Waals surface area (Å²) in [6, 6.07) is 2.41. The zero-order valence-electron chi connectivity index (χ0n) is 7.19. The average molecular weight is 152 g/mol. The predicted molar refractivity (Wildman–Crippen MR) is 45.1 cm³/mol. The van der Waals surface area contributed by atoms with Crippen LogP contribution >= 0.6 is 0 Å². The van der Waals surface area contributed by atoms with Gasteiger partial charge in [0.15, 0.2) is 0 Å². The van der Waals surface area contributed by atoms with Gasteiger partial charge in [0.2, 0.25) is 0 Å². The van der Waals surface area contributed by atoms with Gasteiger partial charge in [0.25, 0.3) is 0 Å². The predicted octanol–water partition coefficient (Wildman–Crippen LogP) is 1.82. The lowest BCUT2D eigenvalue weighted by molar-refractivity contribution is 0.303. The number of nitrogens with one attached hydrogen (secondary N) is 1. The highest BCUT2D eigenvalue weighted by molar-refractivity contribution is 5.08. The Kier molecular flexibility index (Phi) is 2.90. The van der Waals surface area contributed by atoms with Crippen LogP contribution in [0.2, 0.25) is 0 Å². The number of rotatable bonds is 2. The van der Waals surface area contributed by atoms with Crippen LogP contribution in [0.3, 0.4) is 0 Å². The molecule has 1 saturated heterocycles. The van der Waals surface area contributed by atoms with Gasteiger partial charge in [-0.25, -0.2) is 0 Å². The highest BCUT2D eigenvalue weighted by atomic mass is 15.0. The van der Waals surface area contributed by atoms with E-state index in [1.165, 1.54) is 12.8 Å². The van der Waals surface area contributed by atoms with Crippen molar-refractivity contribution in [2.24, 2.45) is 0 Å². The Bertz CT molecular complexity index is 146. The van der Waals surface area contributed by atoms with Crippen LogP contribution in [0.15, 0.2) is 0 Å². The number of nitrogens with zero attached hydrogens (tertiary/aromatic N) is 1. The lowest BCUT2D eigenvalue weighted by Crippen LogP contribution is -2.47. The Morgan fingerprint density at radius 1 is 1.55 bits per heavy atom. The summed E-state index contributed by atoms with van der Waals surface area (Å²) >= 11 is 0. The molecule has 1 unspecified atom stereocenters. The van der Waals surface area contributed by atoms with Crippen LogP contribution in [0, 0.1) is 11.3 Å². The summed E-state index contributed by atoms with van der Waals surface area (Å²) in [6.45, 7) is 3.16. The third-order valence-corrected chi connectivity index (χ3v) is 2.38. The van der Waals surface area contributed by atoms with Crippen LogP contribution in [0.25, 0.3) is 0 Å². The molecule has 1 rings (SSSR count). The summed E-state index contributed by atoms with van der Waals surface area (Å²) in [4.78, 5) is 0. The maximum Gasteiger partial charge on any atom is 0.106 e. The highest BCUT2D eigenvalue weighted by Crippen LogP contribution is 2.23. The molecule has 0 aromatic rings. The molecule has 1 fully saturated rings. The Balaban J connectivity index is 2.51. The minimum absolute atomic E-state index is 0.174. The maximum absolute atomic E-state index is 8.96. The topological polar surface area (TPSA) is 35.8 Å². The number of piperidine rings is 1. The first kappa shape index (κ1) is 8.55. The minimum Gasteiger partial charge on any atom is -0.299 e. The summed E-state index contributed by atoms with van der Waals surface area (Å²) in [5.74, 6) is 0. The Morgan fingerprint density at radius 2 is 2.36 bits per heavy atom. The van der Waals surface area contributed by atoms with E-state index in [-0.39, 0.29) is 5.54 Å². The smallest absolute Gasteiger partial charge is 0.106 e. The van der Waals surface area contributed by atoms with Gasteiger partial charge in [-0.3, -0.25) is 5.32 Å². The summed E-state index contributed by atoms with van der Waals surface area (Å²) in [5.41, 5.74) is -0.174. The van der Waals surface area contributed by atoms with Crippen LogP contribution in [0.1, 0.15) is 39.0 Å². The Hall–Kier alpha value is -0.550. The fraction of sp³-hybridized carbons (Fsp3) is 0.889. The first-order valence-electron chi connectivity index (χ1n) is 4.49. The molecule has 1 heterocycles. The van der Waals surface area contributed by atoms with E-state index in [0.717, 1.165) is 25.8 Å². The van der Waals surface area contributed by atoms with Gasteiger partial charge in [-0.1, -0.05) is 13.3 Å². The molecule has 11 heavy (non-hydrogen) atoms. The molecule has 1 atom stereocenters. The monoisotopic (exact) mass is 152 g/mol. The minimum atomic E-state index is -0.174. The van der Waals surface area contributed by atoms with Gasteiger partial charge in [-0.15, -0.1) is 0 Å². The SMILES string of the molecule is CCCC1(C#N)CCCCN1. The third-order valence-electron chi connectivity index (χ3n) is 2.38. The standard InChI is InChI=1S/C9H16N2/c1-2-5-9(8-10)6-3-4-7-11-9/h11H,2-7H2,1H3. The Labute approximate surface area is 68.6 Å². The van der Waals surface area contributed by atoms with E-state index < -0.39 is 0 Å². The van der Waals surface area contributed by atoms with Crippen molar-refractivity contribution < 1.29 is 0 Å². The zero-order chi connectivity index (χ0) is 8.16. The van der Waals surface area contributed by atoms with Crippen molar-refractivity contribution >= 4 is 0 Å². The molecule has 0 amide bonds. The largest absolute Gasteiger partial charge is 0.299 e. The molecule has 1 aliphatic rings. The first-order valence-corrected chi connectivity index (χ1v) is 4.49. The molecule has 0 bridgehead atoms. The fourth-order valence-corrected chi connectivity index (χ4v) is 1.76. The zero-order valence-corrected chi connectivity index (χ0v) is 7.19. The molecule has 1 aliphatic heterocycles. The molecule has 0 radical (unpaired) electrons. The maximum atomic E-state index is 8.96. The summed E-state index contributed by atoms with van der Waals surface area (Å²) in [5, 5.41) is 12.3. The second-order valence-electron chi connectivity index (χ2n) is 3.33. The van der Waals surface area contributed by atoms with Crippen LogP contribution in [0.5, 0.6) is 0 Å². The molecule has 0 aromatic carbocycles. The highest BCUT2D eigenvalue weighted by Gasteiger charge is 2.29. The van der Waals surface area contributed by atoms with E-state index in [0.29, 0.717) is 0 Å². The van der Waals surface area contributed by atoms with Gasteiger partial charge < -0.3 is 0 Å². The lowest BCUT2D eigenvalue weighted by Gasteiger charge is -2.31. The summed E-state index contributed by atoms with van der Waals surface area (Å²) in [7, 11) is 0. The van der Waals surface area contributed by atoms with Crippen LogP contribution in [-0.4, -0.2) is 12.1 Å². The third kappa shape index (κ3) is 1.94. The van der Waals surface area contributed by atoms with Crippen molar-refractivity contribution in [1.29, 1.82) is 5.26 Å². The molecular formula is C9H16N2. The van der Waals surface area contributed by atoms with Crippen molar-refractivity contribution in [2.75, 3.05) is 6.54 Å². The van der Waals surface area contributed by atoms with Crippen molar-refractivity contribution in [3.05, 3.63) is 0 Å². The van der Waals surface area contributed by atoms with Crippen molar-refractivity contribution in [2.45, 2.75) is 44.6 Å². The first-order chi connectivity index (χ1) is 5.33. The number of hydrogen-bond donors (Lipinski definition) is 1. The molecule has 0 spiro atoms. The van der Waals surface area contributed by atoms with E-state index in [2.05, 4.69) is 18.3 Å².